The number of benzene rings is 3. The van der Waals surface area contributed by atoms with Crippen LogP contribution in [0.25, 0.3) is 0 Å². The predicted octanol–water partition coefficient (Wildman–Crippen LogP) is 6.28. The molecule has 11 heteroatoms. The third-order valence-corrected chi connectivity index (χ3v) is 8.85. The fraction of sp³-hybridized carbons (Fsp3) is 0.286. The van der Waals surface area contributed by atoms with Gasteiger partial charge in [-0.1, -0.05) is 82.8 Å². The molecule has 3 rings (SSSR count). The molecule has 1 unspecified atom stereocenters. The third kappa shape index (κ3) is 8.20. The Morgan fingerprint density at radius 2 is 1.72 bits per heavy atom. The molecular formula is C28H30BrCl2N3O4S. The van der Waals surface area contributed by atoms with Gasteiger partial charge in [-0.25, -0.2) is 8.42 Å². The van der Waals surface area contributed by atoms with Gasteiger partial charge >= 0.3 is 0 Å². The van der Waals surface area contributed by atoms with E-state index in [1.165, 1.54) is 35.2 Å². The summed E-state index contributed by atoms with van der Waals surface area (Å²) >= 11 is 16.1. The number of nitrogens with zero attached hydrogens (tertiary/aromatic N) is 2. The van der Waals surface area contributed by atoms with Crippen LogP contribution in [0.1, 0.15) is 32.3 Å². The largest absolute Gasteiger partial charge is 0.354 e. The molecule has 7 nitrogen and oxygen atoms in total. The van der Waals surface area contributed by atoms with Crippen molar-refractivity contribution in [1.82, 2.24) is 10.2 Å². The molecule has 1 N–H and O–H groups in total. The second kappa shape index (κ2) is 14.2. The van der Waals surface area contributed by atoms with E-state index in [9.17, 15) is 18.0 Å². The number of rotatable bonds is 12. The van der Waals surface area contributed by atoms with Gasteiger partial charge in [-0.15, -0.1) is 0 Å². The lowest BCUT2D eigenvalue weighted by molar-refractivity contribution is -0.139. The van der Waals surface area contributed by atoms with Crippen molar-refractivity contribution >= 4 is 66.7 Å². The molecular weight excluding hydrogens is 625 g/mol. The summed E-state index contributed by atoms with van der Waals surface area (Å²) < 4.78 is 29.4. The summed E-state index contributed by atoms with van der Waals surface area (Å²) in [6.45, 7) is 3.60. The standard InChI is InChI=1S/C28H30BrCl2N3O4S/c1-3-4-15-32-28(36)20(2)33(18-21-9-8-10-22(29)16-21)27(35)19-34(26-17-23(30)13-14-25(26)31)39(37,38)24-11-6-5-7-12-24/h5-14,16-17,20H,3-4,15,18-19H2,1-2H3,(H,32,36). The third-order valence-electron chi connectivity index (χ3n) is 6.03. The minimum atomic E-state index is -4.23. The fourth-order valence-electron chi connectivity index (χ4n) is 3.86. The molecule has 39 heavy (non-hydrogen) atoms. The van der Waals surface area contributed by atoms with Gasteiger partial charge in [-0.3, -0.25) is 13.9 Å². The normalized spacial score (nSPS) is 12.0. The van der Waals surface area contributed by atoms with Crippen LogP contribution in [-0.4, -0.2) is 44.3 Å². The van der Waals surface area contributed by atoms with Gasteiger partial charge in [-0.05, 0) is 61.4 Å². The average Bonchev–Trinajstić information content (AvgIpc) is 2.92. The van der Waals surface area contributed by atoms with E-state index in [1.807, 2.05) is 31.2 Å². The molecule has 3 aromatic rings. The van der Waals surface area contributed by atoms with Crippen molar-refractivity contribution < 1.29 is 18.0 Å². The van der Waals surface area contributed by atoms with Crippen LogP contribution in [0.4, 0.5) is 5.69 Å². The lowest BCUT2D eigenvalue weighted by Gasteiger charge is -2.32. The van der Waals surface area contributed by atoms with E-state index in [1.54, 1.807) is 25.1 Å². The van der Waals surface area contributed by atoms with Gasteiger partial charge in [0.25, 0.3) is 10.0 Å². The number of hydrogen-bond acceptors (Lipinski definition) is 4. The van der Waals surface area contributed by atoms with Crippen molar-refractivity contribution in [2.45, 2.75) is 44.2 Å². The first kappa shape index (κ1) is 30.9. The van der Waals surface area contributed by atoms with Crippen LogP contribution >= 0.6 is 39.1 Å². The zero-order valence-corrected chi connectivity index (χ0v) is 25.5. The predicted molar refractivity (Wildman–Crippen MR) is 160 cm³/mol. The van der Waals surface area contributed by atoms with Crippen molar-refractivity contribution in [2.75, 3.05) is 17.4 Å². The molecule has 0 radical (unpaired) electrons. The van der Waals surface area contributed by atoms with Gasteiger partial charge in [0.15, 0.2) is 0 Å². The summed E-state index contributed by atoms with van der Waals surface area (Å²) in [6, 6.07) is 18.6. The second-order valence-corrected chi connectivity index (χ2v) is 12.5. The fourth-order valence-corrected chi connectivity index (χ4v) is 6.19. The van der Waals surface area contributed by atoms with E-state index in [4.69, 9.17) is 23.2 Å². The minimum absolute atomic E-state index is 0.0160. The summed E-state index contributed by atoms with van der Waals surface area (Å²) in [6.07, 6.45) is 1.70. The van der Waals surface area contributed by atoms with E-state index in [-0.39, 0.29) is 33.1 Å². The maximum Gasteiger partial charge on any atom is 0.264 e. The molecule has 1 atom stereocenters. The van der Waals surface area contributed by atoms with Crippen molar-refractivity contribution in [3.8, 4) is 0 Å². The number of nitrogens with one attached hydrogen (secondary N) is 1. The van der Waals surface area contributed by atoms with Crippen molar-refractivity contribution in [3.63, 3.8) is 0 Å². The first-order valence-corrected chi connectivity index (χ1v) is 15.4. The smallest absolute Gasteiger partial charge is 0.264 e. The number of sulfonamides is 1. The molecule has 0 spiro atoms. The summed E-state index contributed by atoms with van der Waals surface area (Å²) in [5.74, 6) is -0.909. The molecule has 208 valence electrons. The quantitative estimate of drug-likeness (QED) is 0.233. The molecule has 0 aliphatic heterocycles. The number of carbonyl (C=O) groups is 2. The number of halogens is 3. The highest BCUT2D eigenvalue weighted by Crippen LogP contribution is 2.33. The Kier molecular flexibility index (Phi) is 11.2. The number of unbranched alkanes of at least 4 members (excludes halogenated alkanes) is 1. The molecule has 2 amide bonds. The highest BCUT2D eigenvalue weighted by Gasteiger charge is 2.33. The zero-order valence-electron chi connectivity index (χ0n) is 21.6. The lowest BCUT2D eigenvalue weighted by atomic mass is 10.1. The van der Waals surface area contributed by atoms with E-state index >= 15 is 0 Å². The van der Waals surface area contributed by atoms with Crippen LogP contribution in [0, 0.1) is 0 Å². The number of hydrogen-bond donors (Lipinski definition) is 1. The zero-order chi connectivity index (χ0) is 28.6. The van der Waals surface area contributed by atoms with E-state index in [0.29, 0.717) is 6.54 Å². The maximum atomic E-state index is 13.9. The second-order valence-electron chi connectivity index (χ2n) is 8.89. The van der Waals surface area contributed by atoms with Crippen molar-refractivity contribution in [1.29, 1.82) is 0 Å². The molecule has 0 bridgehead atoms. The molecule has 0 aromatic heterocycles. The highest BCUT2D eigenvalue weighted by atomic mass is 79.9. The maximum absolute atomic E-state index is 13.9. The van der Waals surface area contributed by atoms with E-state index < -0.39 is 28.5 Å². The van der Waals surface area contributed by atoms with E-state index in [2.05, 4.69) is 21.2 Å². The molecule has 0 aliphatic rings. The Hall–Kier alpha value is -2.59. The van der Waals surface area contributed by atoms with Gasteiger partial charge in [-0.2, -0.15) is 0 Å². The molecule has 0 saturated heterocycles. The van der Waals surface area contributed by atoms with E-state index in [0.717, 1.165) is 27.2 Å². The summed E-state index contributed by atoms with van der Waals surface area (Å²) in [5, 5.41) is 3.22. The molecule has 3 aromatic carbocycles. The summed E-state index contributed by atoms with van der Waals surface area (Å²) in [4.78, 5) is 28.3. The number of carbonyl (C=O) groups excluding carboxylic acids is 2. The van der Waals surface area contributed by atoms with Crippen LogP contribution < -0.4 is 9.62 Å². The summed E-state index contributed by atoms with van der Waals surface area (Å²) in [5.41, 5.74) is 0.827. The Morgan fingerprint density at radius 3 is 2.38 bits per heavy atom. The molecule has 0 aliphatic carbocycles. The first-order valence-electron chi connectivity index (χ1n) is 12.4. The van der Waals surface area contributed by atoms with Crippen LogP contribution in [0.3, 0.4) is 0 Å². The van der Waals surface area contributed by atoms with Crippen molar-refractivity contribution in [3.05, 3.63) is 92.9 Å². The molecule has 0 saturated carbocycles. The molecule has 0 heterocycles. The average molecular weight is 655 g/mol. The number of anilines is 1. The minimum Gasteiger partial charge on any atom is -0.354 e. The van der Waals surface area contributed by atoms with Crippen LogP contribution in [-0.2, 0) is 26.2 Å². The van der Waals surface area contributed by atoms with Crippen LogP contribution in [0.15, 0.2) is 82.2 Å². The molecule has 0 fully saturated rings. The van der Waals surface area contributed by atoms with Crippen molar-refractivity contribution in [2.24, 2.45) is 0 Å². The topological polar surface area (TPSA) is 86.8 Å². The van der Waals surface area contributed by atoms with Gasteiger partial charge in [0, 0.05) is 22.6 Å². The monoisotopic (exact) mass is 653 g/mol. The SMILES string of the molecule is CCCCNC(=O)C(C)N(Cc1cccc(Br)c1)C(=O)CN(c1cc(Cl)ccc1Cl)S(=O)(=O)c1ccccc1. The van der Waals surface area contributed by atoms with Gasteiger partial charge < -0.3 is 10.2 Å². The highest BCUT2D eigenvalue weighted by molar-refractivity contribution is 9.10. The number of amides is 2. The van der Waals surface area contributed by atoms with Gasteiger partial charge in [0.2, 0.25) is 11.8 Å². The first-order chi connectivity index (χ1) is 18.5. The van der Waals surface area contributed by atoms with Gasteiger partial charge in [0.05, 0.1) is 15.6 Å². The Bertz CT molecular complexity index is 1410. The Balaban J connectivity index is 2.03. The Labute approximate surface area is 248 Å². The summed E-state index contributed by atoms with van der Waals surface area (Å²) in [7, 11) is -4.23. The van der Waals surface area contributed by atoms with Crippen LogP contribution in [0.2, 0.25) is 10.0 Å². The van der Waals surface area contributed by atoms with Crippen LogP contribution in [0.5, 0.6) is 0 Å². The lowest BCUT2D eigenvalue weighted by Crippen LogP contribution is -2.51. The Morgan fingerprint density at radius 1 is 1.00 bits per heavy atom. The van der Waals surface area contributed by atoms with Gasteiger partial charge in [0.1, 0.15) is 12.6 Å².